The van der Waals surface area contributed by atoms with Crippen molar-refractivity contribution in [1.29, 1.82) is 0 Å². The summed E-state index contributed by atoms with van der Waals surface area (Å²) in [4.78, 5) is 10.4. The maximum absolute atomic E-state index is 13.5. The number of aromatic hydroxyl groups is 2. The number of hydrogen-bond acceptors (Lipinski definition) is 3. The number of rotatable bonds is 2. The van der Waals surface area contributed by atoms with Gasteiger partial charge in [0.05, 0.1) is 0 Å². The van der Waals surface area contributed by atoms with Gasteiger partial charge in [-0.3, -0.25) is 4.79 Å². The number of phenols is 2. The van der Waals surface area contributed by atoms with Gasteiger partial charge in [0.25, 0.3) is 0 Å². The quantitative estimate of drug-likeness (QED) is 0.635. The molecule has 0 saturated carbocycles. The van der Waals surface area contributed by atoms with Crippen molar-refractivity contribution in [3.05, 3.63) is 22.2 Å². The standard InChI is InChI=1S/C9H8BrFO3/c1-9(11,4-12)5-2-7(13)8(14)3-6(5)10/h2-4,13-14H,1H3. The molecule has 3 nitrogen and oxygen atoms in total. The van der Waals surface area contributed by atoms with Crippen LogP contribution < -0.4 is 0 Å². The van der Waals surface area contributed by atoms with Crippen LogP contribution in [-0.4, -0.2) is 16.5 Å². The van der Waals surface area contributed by atoms with Crippen molar-refractivity contribution in [2.75, 3.05) is 0 Å². The Hall–Kier alpha value is -1.10. The van der Waals surface area contributed by atoms with Crippen LogP contribution in [0.5, 0.6) is 11.5 Å². The molecule has 0 radical (unpaired) electrons. The minimum absolute atomic E-state index is 0.0252. The van der Waals surface area contributed by atoms with Gasteiger partial charge in [0, 0.05) is 10.0 Å². The van der Waals surface area contributed by atoms with Gasteiger partial charge in [0.2, 0.25) is 0 Å². The second-order valence-electron chi connectivity index (χ2n) is 3.01. The molecule has 0 fully saturated rings. The van der Waals surface area contributed by atoms with Gasteiger partial charge in [0.15, 0.2) is 23.5 Å². The second kappa shape index (κ2) is 3.57. The fourth-order valence-corrected chi connectivity index (χ4v) is 1.71. The number of halogens is 2. The van der Waals surface area contributed by atoms with Crippen molar-refractivity contribution in [3.63, 3.8) is 0 Å². The largest absolute Gasteiger partial charge is 0.504 e. The van der Waals surface area contributed by atoms with Crippen LogP contribution in [0.25, 0.3) is 0 Å². The molecule has 1 aromatic rings. The van der Waals surface area contributed by atoms with Crippen LogP contribution in [-0.2, 0) is 10.5 Å². The molecular weight excluding hydrogens is 255 g/mol. The minimum Gasteiger partial charge on any atom is -0.504 e. The smallest absolute Gasteiger partial charge is 0.189 e. The van der Waals surface area contributed by atoms with Crippen molar-refractivity contribution in [2.45, 2.75) is 12.6 Å². The van der Waals surface area contributed by atoms with E-state index in [1.165, 1.54) is 0 Å². The van der Waals surface area contributed by atoms with Crippen molar-refractivity contribution in [3.8, 4) is 11.5 Å². The Kier molecular flexibility index (Phi) is 2.80. The van der Waals surface area contributed by atoms with Crippen LogP contribution >= 0.6 is 15.9 Å². The number of aldehydes is 1. The maximum Gasteiger partial charge on any atom is 0.189 e. The van der Waals surface area contributed by atoms with Crippen molar-refractivity contribution in [1.82, 2.24) is 0 Å². The lowest BCUT2D eigenvalue weighted by molar-refractivity contribution is -0.117. The monoisotopic (exact) mass is 262 g/mol. The average Bonchev–Trinajstić information content (AvgIpc) is 2.11. The molecule has 0 spiro atoms. The molecule has 0 aliphatic rings. The van der Waals surface area contributed by atoms with E-state index in [-0.39, 0.29) is 22.1 Å². The molecule has 0 saturated heterocycles. The highest BCUT2D eigenvalue weighted by Gasteiger charge is 2.28. The Labute approximate surface area is 88.3 Å². The molecule has 0 heterocycles. The highest BCUT2D eigenvalue weighted by Crippen LogP contribution is 2.37. The summed E-state index contributed by atoms with van der Waals surface area (Å²) in [6.07, 6.45) is 0.129. The molecule has 0 amide bonds. The normalized spacial score (nSPS) is 14.8. The lowest BCUT2D eigenvalue weighted by atomic mass is 9.99. The summed E-state index contributed by atoms with van der Waals surface area (Å²) in [6, 6.07) is 2.14. The van der Waals surface area contributed by atoms with Gasteiger partial charge in [-0.15, -0.1) is 0 Å². The zero-order valence-corrected chi connectivity index (χ0v) is 8.88. The predicted molar refractivity (Wildman–Crippen MR) is 52.0 cm³/mol. The van der Waals surface area contributed by atoms with Gasteiger partial charge in [-0.05, 0) is 19.1 Å². The van der Waals surface area contributed by atoms with E-state index >= 15 is 0 Å². The molecule has 14 heavy (non-hydrogen) atoms. The molecule has 1 rings (SSSR count). The Morgan fingerprint density at radius 2 is 1.93 bits per heavy atom. The minimum atomic E-state index is -2.19. The van der Waals surface area contributed by atoms with E-state index < -0.39 is 11.4 Å². The lowest BCUT2D eigenvalue weighted by Gasteiger charge is -2.15. The lowest BCUT2D eigenvalue weighted by Crippen LogP contribution is -2.17. The summed E-state index contributed by atoms with van der Waals surface area (Å²) >= 11 is 2.99. The number of carbonyl (C=O) groups is 1. The molecule has 0 bridgehead atoms. The Morgan fingerprint density at radius 1 is 1.43 bits per heavy atom. The topological polar surface area (TPSA) is 57.5 Å². The predicted octanol–water partition coefficient (Wildman–Crippen LogP) is 2.24. The van der Waals surface area contributed by atoms with Gasteiger partial charge in [-0.2, -0.15) is 0 Å². The van der Waals surface area contributed by atoms with Crippen LogP contribution in [0.15, 0.2) is 16.6 Å². The molecular formula is C9H8BrFO3. The summed E-state index contributed by atoms with van der Waals surface area (Å²) in [5.74, 6) is -0.837. The van der Waals surface area contributed by atoms with Crippen molar-refractivity contribution < 1.29 is 19.4 Å². The van der Waals surface area contributed by atoms with Gasteiger partial charge in [0.1, 0.15) is 0 Å². The third kappa shape index (κ3) is 1.87. The molecule has 0 aromatic heterocycles. The van der Waals surface area contributed by atoms with E-state index in [9.17, 15) is 9.18 Å². The summed E-state index contributed by atoms with van der Waals surface area (Å²) in [5.41, 5.74) is -2.22. The van der Waals surface area contributed by atoms with E-state index in [1.54, 1.807) is 0 Å². The summed E-state index contributed by atoms with van der Waals surface area (Å²) in [7, 11) is 0. The summed E-state index contributed by atoms with van der Waals surface area (Å²) in [6.45, 7) is 1.07. The fourth-order valence-electron chi connectivity index (χ4n) is 0.989. The SMILES string of the molecule is CC(F)(C=O)c1cc(O)c(O)cc1Br. The van der Waals surface area contributed by atoms with Gasteiger partial charge in [-0.25, -0.2) is 4.39 Å². The molecule has 1 aromatic carbocycles. The van der Waals surface area contributed by atoms with E-state index in [1.807, 2.05) is 0 Å². The maximum atomic E-state index is 13.5. The fraction of sp³-hybridized carbons (Fsp3) is 0.222. The van der Waals surface area contributed by atoms with Gasteiger partial charge in [-0.1, -0.05) is 15.9 Å². The molecule has 2 N–H and O–H groups in total. The molecule has 76 valence electrons. The zero-order chi connectivity index (χ0) is 10.9. The summed E-state index contributed by atoms with van der Waals surface area (Å²) < 4.78 is 13.8. The van der Waals surface area contributed by atoms with Gasteiger partial charge < -0.3 is 10.2 Å². The molecule has 1 unspecified atom stereocenters. The first-order valence-corrected chi connectivity index (χ1v) is 4.55. The third-order valence-electron chi connectivity index (χ3n) is 1.81. The Bertz CT molecular complexity index is 377. The van der Waals surface area contributed by atoms with Crippen LogP contribution in [0.3, 0.4) is 0 Å². The average molecular weight is 263 g/mol. The van der Waals surface area contributed by atoms with Crippen LogP contribution in [0, 0.1) is 0 Å². The molecule has 1 atom stereocenters. The van der Waals surface area contributed by atoms with E-state index in [2.05, 4.69) is 15.9 Å². The molecule has 5 heteroatoms. The van der Waals surface area contributed by atoms with Gasteiger partial charge >= 0.3 is 0 Å². The van der Waals surface area contributed by atoms with Crippen LogP contribution in [0.1, 0.15) is 12.5 Å². The van der Waals surface area contributed by atoms with Crippen LogP contribution in [0.2, 0.25) is 0 Å². The first kappa shape index (κ1) is 11.0. The highest BCUT2D eigenvalue weighted by molar-refractivity contribution is 9.10. The number of carbonyl (C=O) groups excluding carboxylic acids is 1. The molecule has 0 aliphatic carbocycles. The third-order valence-corrected chi connectivity index (χ3v) is 2.47. The summed E-state index contributed by atoms with van der Waals surface area (Å²) in [5, 5.41) is 18.2. The number of hydrogen-bond donors (Lipinski definition) is 2. The number of phenolic OH excluding ortho intramolecular Hbond substituents is 2. The first-order valence-electron chi connectivity index (χ1n) is 3.75. The number of benzene rings is 1. The number of alkyl halides is 1. The van der Waals surface area contributed by atoms with E-state index in [0.29, 0.717) is 0 Å². The van der Waals surface area contributed by atoms with Crippen molar-refractivity contribution >= 4 is 22.2 Å². The van der Waals surface area contributed by atoms with E-state index in [0.717, 1.165) is 19.1 Å². The zero-order valence-electron chi connectivity index (χ0n) is 7.29. The Morgan fingerprint density at radius 3 is 2.43 bits per heavy atom. The first-order chi connectivity index (χ1) is 6.38. The van der Waals surface area contributed by atoms with Crippen LogP contribution in [0.4, 0.5) is 4.39 Å². The van der Waals surface area contributed by atoms with Crippen molar-refractivity contribution in [2.24, 2.45) is 0 Å². The molecule has 0 aliphatic heterocycles. The second-order valence-corrected chi connectivity index (χ2v) is 3.87. The Balaban J connectivity index is 3.36. The van der Waals surface area contributed by atoms with E-state index in [4.69, 9.17) is 10.2 Å². The highest BCUT2D eigenvalue weighted by atomic mass is 79.9.